The molecule has 5 heteroatoms. The maximum atomic E-state index is 10.6. The number of hydrogen-bond donors (Lipinski definition) is 3. The molecule has 1 atom stereocenters. The lowest BCUT2D eigenvalue weighted by molar-refractivity contribution is 0.0697. The van der Waals surface area contributed by atoms with Gasteiger partial charge < -0.3 is 15.3 Å². The number of carbonyl (C=O) groups is 1. The zero-order valence-corrected chi connectivity index (χ0v) is 9.48. The van der Waals surface area contributed by atoms with Crippen LogP contribution in [-0.4, -0.2) is 39.8 Å². The van der Waals surface area contributed by atoms with Crippen molar-refractivity contribution in [1.82, 2.24) is 0 Å². The summed E-state index contributed by atoms with van der Waals surface area (Å²) in [4.78, 5) is 10.6. The highest BCUT2D eigenvalue weighted by molar-refractivity contribution is 7.98. The van der Waals surface area contributed by atoms with Crippen LogP contribution in [0.5, 0.6) is 0 Å². The van der Waals surface area contributed by atoms with E-state index >= 15 is 0 Å². The quantitative estimate of drug-likeness (QED) is 0.693. The van der Waals surface area contributed by atoms with Crippen molar-refractivity contribution in [3.63, 3.8) is 0 Å². The third kappa shape index (κ3) is 4.22. The Hall–Kier alpha value is -1.04. The molecule has 0 heterocycles. The minimum atomic E-state index is -0.935. The van der Waals surface area contributed by atoms with Gasteiger partial charge in [0.05, 0.1) is 18.3 Å². The molecule has 0 aromatic heterocycles. The standard InChI is InChI=1S/C11H14O4S/c12-5-10(13)7-16-6-8-1-3-9(4-2-8)11(14)15/h1-4,10,12-13H,5-7H2,(H,14,15). The lowest BCUT2D eigenvalue weighted by Gasteiger charge is -2.06. The number of carboxylic acids is 1. The monoisotopic (exact) mass is 242 g/mol. The fourth-order valence-electron chi connectivity index (χ4n) is 1.11. The van der Waals surface area contributed by atoms with Crippen molar-refractivity contribution < 1.29 is 20.1 Å². The largest absolute Gasteiger partial charge is 0.478 e. The molecule has 3 N–H and O–H groups in total. The summed E-state index contributed by atoms with van der Waals surface area (Å²) < 4.78 is 0. The molecule has 0 saturated heterocycles. The SMILES string of the molecule is O=C(O)c1ccc(CSCC(O)CO)cc1. The van der Waals surface area contributed by atoms with Gasteiger partial charge in [0.25, 0.3) is 0 Å². The van der Waals surface area contributed by atoms with Gasteiger partial charge in [0, 0.05) is 11.5 Å². The molecule has 0 fully saturated rings. The molecule has 0 bridgehead atoms. The Labute approximate surface area is 97.9 Å². The highest BCUT2D eigenvalue weighted by Gasteiger charge is 2.04. The number of benzene rings is 1. The Morgan fingerprint density at radius 1 is 1.31 bits per heavy atom. The van der Waals surface area contributed by atoms with Gasteiger partial charge in [-0.25, -0.2) is 4.79 Å². The summed E-state index contributed by atoms with van der Waals surface area (Å²) in [7, 11) is 0. The van der Waals surface area contributed by atoms with Crippen molar-refractivity contribution in [3.05, 3.63) is 35.4 Å². The number of aromatic carboxylic acids is 1. The summed E-state index contributed by atoms with van der Waals surface area (Å²) in [6, 6.07) is 6.62. The number of aliphatic hydroxyl groups excluding tert-OH is 2. The molecule has 0 aliphatic carbocycles. The van der Waals surface area contributed by atoms with Gasteiger partial charge in [0.1, 0.15) is 0 Å². The highest BCUT2D eigenvalue weighted by Crippen LogP contribution is 2.14. The van der Waals surface area contributed by atoms with E-state index in [1.54, 1.807) is 24.3 Å². The highest BCUT2D eigenvalue weighted by atomic mass is 32.2. The Morgan fingerprint density at radius 2 is 1.94 bits per heavy atom. The summed E-state index contributed by atoms with van der Waals surface area (Å²) in [5.41, 5.74) is 1.27. The average Bonchev–Trinajstić information content (AvgIpc) is 2.29. The molecule has 0 spiro atoms. The number of thioether (sulfide) groups is 1. The van der Waals surface area contributed by atoms with Gasteiger partial charge in [-0.05, 0) is 17.7 Å². The van der Waals surface area contributed by atoms with Crippen LogP contribution in [0.25, 0.3) is 0 Å². The fraction of sp³-hybridized carbons (Fsp3) is 0.364. The van der Waals surface area contributed by atoms with Crippen LogP contribution in [0.3, 0.4) is 0 Å². The molecule has 0 aliphatic heterocycles. The van der Waals surface area contributed by atoms with Crippen LogP contribution in [0.15, 0.2) is 24.3 Å². The van der Waals surface area contributed by atoms with Crippen molar-refractivity contribution in [3.8, 4) is 0 Å². The Kier molecular flexibility index (Phi) is 5.31. The van der Waals surface area contributed by atoms with Gasteiger partial charge in [-0.15, -0.1) is 0 Å². The summed E-state index contributed by atoms with van der Waals surface area (Å²) in [6.45, 7) is -0.231. The van der Waals surface area contributed by atoms with Crippen LogP contribution in [0, 0.1) is 0 Å². The minimum Gasteiger partial charge on any atom is -0.478 e. The predicted octanol–water partition coefficient (Wildman–Crippen LogP) is 0.971. The summed E-state index contributed by atoms with van der Waals surface area (Å²) in [5.74, 6) is 0.226. The maximum absolute atomic E-state index is 10.6. The van der Waals surface area contributed by atoms with Gasteiger partial charge >= 0.3 is 5.97 Å². The first-order valence-corrected chi connectivity index (χ1v) is 5.98. The third-order valence-electron chi connectivity index (χ3n) is 1.99. The van der Waals surface area contributed by atoms with Crippen LogP contribution in [0.1, 0.15) is 15.9 Å². The first-order chi connectivity index (χ1) is 7.63. The van der Waals surface area contributed by atoms with E-state index in [4.69, 9.17) is 15.3 Å². The van der Waals surface area contributed by atoms with Crippen LogP contribution in [0.4, 0.5) is 0 Å². The van der Waals surface area contributed by atoms with E-state index < -0.39 is 12.1 Å². The van der Waals surface area contributed by atoms with E-state index in [0.29, 0.717) is 11.5 Å². The molecule has 0 radical (unpaired) electrons. The van der Waals surface area contributed by atoms with E-state index in [1.165, 1.54) is 11.8 Å². The van der Waals surface area contributed by atoms with Crippen LogP contribution >= 0.6 is 11.8 Å². The normalized spacial score (nSPS) is 12.4. The van der Waals surface area contributed by atoms with Crippen molar-refractivity contribution in [2.75, 3.05) is 12.4 Å². The molecule has 1 unspecified atom stereocenters. The van der Waals surface area contributed by atoms with E-state index in [2.05, 4.69) is 0 Å². The second-order valence-electron chi connectivity index (χ2n) is 3.35. The molecule has 88 valence electrons. The van der Waals surface area contributed by atoms with Crippen molar-refractivity contribution >= 4 is 17.7 Å². The minimum absolute atomic E-state index is 0.231. The molecule has 1 aromatic rings. The molecular weight excluding hydrogens is 228 g/mol. The summed E-state index contributed by atoms with van der Waals surface area (Å²) >= 11 is 1.50. The van der Waals surface area contributed by atoms with Crippen LogP contribution in [-0.2, 0) is 5.75 Å². The third-order valence-corrected chi connectivity index (χ3v) is 3.15. The first-order valence-electron chi connectivity index (χ1n) is 4.82. The second kappa shape index (κ2) is 6.52. The topological polar surface area (TPSA) is 77.8 Å². The lowest BCUT2D eigenvalue weighted by Crippen LogP contribution is -2.14. The lowest BCUT2D eigenvalue weighted by atomic mass is 10.1. The zero-order valence-electron chi connectivity index (χ0n) is 8.67. The molecule has 0 amide bonds. The Morgan fingerprint density at radius 3 is 2.44 bits per heavy atom. The van der Waals surface area contributed by atoms with Gasteiger partial charge in [-0.2, -0.15) is 11.8 Å². The second-order valence-corrected chi connectivity index (χ2v) is 4.38. The average molecular weight is 242 g/mol. The van der Waals surface area contributed by atoms with E-state index in [-0.39, 0.29) is 12.2 Å². The van der Waals surface area contributed by atoms with Crippen LogP contribution < -0.4 is 0 Å². The Bertz CT molecular complexity index is 336. The van der Waals surface area contributed by atoms with Crippen molar-refractivity contribution in [2.45, 2.75) is 11.9 Å². The number of rotatable bonds is 6. The molecule has 1 rings (SSSR count). The van der Waals surface area contributed by atoms with Crippen molar-refractivity contribution in [1.29, 1.82) is 0 Å². The van der Waals surface area contributed by atoms with Gasteiger partial charge in [0.2, 0.25) is 0 Å². The predicted molar refractivity (Wildman–Crippen MR) is 62.7 cm³/mol. The molecule has 1 aromatic carbocycles. The van der Waals surface area contributed by atoms with E-state index in [0.717, 1.165) is 5.56 Å². The number of carboxylic acid groups (broad SMARTS) is 1. The van der Waals surface area contributed by atoms with Crippen molar-refractivity contribution in [2.24, 2.45) is 0 Å². The molecule has 16 heavy (non-hydrogen) atoms. The fourth-order valence-corrected chi connectivity index (χ4v) is 2.03. The van der Waals surface area contributed by atoms with Gasteiger partial charge in [0.15, 0.2) is 0 Å². The molecular formula is C11H14O4S. The van der Waals surface area contributed by atoms with E-state index in [1.807, 2.05) is 0 Å². The molecule has 0 saturated carbocycles. The smallest absolute Gasteiger partial charge is 0.335 e. The Balaban J connectivity index is 2.40. The number of aliphatic hydroxyl groups is 2. The zero-order chi connectivity index (χ0) is 12.0. The van der Waals surface area contributed by atoms with E-state index in [9.17, 15) is 4.79 Å². The number of hydrogen-bond acceptors (Lipinski definition) is 4. The maximum Gasteiger partial charge on any atom is 0.335 e. The first kappa shape index (κ1) is 13.0. The van der Waals surface area contributed by atoms with Gasteiger partial charge in [-0.3, -0.25) is 0 Å². The van der Waals surface area contributed by atoms with Crippen LogP contribution in [0.2, 0.25) is 0 Å². The summed E-state index contributed by atoms with van der Waals surface area (Å²) in [6.07, 6.45) is -0.691. The summed E-state index contributed by atoms with van der Waals surface area (Å²) in [5, 5.41) is 26.4. The molecule has 4 nitrogen and oxygen atoms in total. The molecule has 0 aliphatic rings. The van der Waals surface area contributed by atoms with Gasteiger partial charge in [-0.1, -0.05) is 12.1 Å².